The summed E-state index contributed by atoms with van der Waals surface area (Å²) in [5, 5.41) is 9.48. The van der Waals surface area contributed by atoms with Crippen molar-refractivity contribution < 1.29 is 19.3 Å². The number of hydrogen-bond donors (Lipinski definition) is 1. The van der Waals surface area contributed by atoms with Crippen molar-refractivity contribution in [2.75, 3.05) is 13.2 Å². The first-order chi connectivity index (χ1) is 8.74. The maximum Gasteiger partial charge on any atom is 0.172 e. The second-order valence-electron chi connectivity index (χ2n) is 7.01. The van der Waals surface area contributed by atoms with Crippen LogP contribution in [0.5, 0.6) is 0 Å². The van der Waals surface area contributed by atoms with Crippen LogP contribution in [-0.2, 0) is 14.2 Å². The third-order valence-electron chi connectivity index (χ3n) is 4.88. The molecule has 3 rings (SSSR count). The standard InChI is InChI=1S/C15H24O4/c1-11(16)5-6-15-12(2,3)9-14(17-7-8-18-14)10-13(15,4)19-15/h5-6,11,16H,7-10H2,1-4H3/b6-5+. The van der Waals surface area contributed by atoms with Crippen molar-refractivity contribution in [3.8, 4) is 0 Å². The van der Waals surface area contributed by atoms with Crippen LogP contribution < -0.4 is 0 Å². The topological polar surface area (TPSA) is 51.2 Å². The van der Waals surface area contributed by atoms with Crippen LogP contribution >= 0.6 is 0 Å². The number of fused-ring (bicyclic) bond motifs is 1. The van der Waals surface area contributed by atoms with Gasteiger partial charge in [-0.1, -0.05) is 26.0 Å². The molecule has 0 aromatic rings. The lowest BCUT2D eigenvalue weighted by molar-refractivity contribution is -0.201. The molecular weight excluding hydrogens is 244 g/mol. The molecule has 2 heterocycles. The van der Waals surface area contributed by atoms with E-state index in [1.807, 2.05) is 12.2 Å². The van der Waals surface area contributed by atoms with Crippen molar-refractivity contribution in [3.05, 3.63) is 12.2 Å². The second kappa shape index (κ2) is 3.82. The van der Waals surface area contributed by atoms with Crippen LogP contribution in [0.2, 0.25) is 0 Å². The van der Waals surface area contributed by atoms with Crippen LogP contribution in [0.4, 0.5) is 0 Å². The smallest absolute Gasteiger partial charge is 0.172 e. The van der Waals surface area contributed by atoms with Crippen LogP contribution in [0.3, 0.4) is 0 Å². The maximum atomic E-state index is 9.48. The highest BCUT2D eigenvalue weighted by Crippen LogP contribution is 2.69. The van der Waals surface area contributed by atoms with Gasteiger partial charge in [-0.15, -0.1) is 0 Å². The van der Waals surface area contributed by atoms with Gasteiger partial charge in [-0.25, -0.2) is 0 Å². The first-order valence-corrected chi connectivity index (χ1v) is 7.10. The van der Waals surface area contributed by atoms with Crippen molar-refractivity contribution in [2.24, 2.45) is 5.41 Å². The second-order valence-corrected chi connectivity index (χ2v) is 7.01. The van der Waals surface area contributed by atoms with Gasteiger partial charge in [0.15, 0.2) is 5.79 Å². The number of ether oxygens (including phenoxy) is 3. The minimum Gasteiger partial charge on any atom is -0.389 e. The molecule has 1 saturated carbocycles. The molecule has 2 aliphatic heterocycles. The highest BCUT2D eigenvalue weighted by molar-refractivity contribution is 5.33. The normalized spacial score (nSPS) is 44.5. The van der Waals surface area contributed by atoms with Crippen molar-refractivity contribution in [1.82, 2.24) is 0 Å². The highest BCUT2D eigenvalue weighted by Gasteiger charge is 2.78. The Morgan fingerprint density at radius 1 is 1.11 bits per heavy atom. The Balaban J connectivity index is 1.90. The Morgan fingerprint density at radius 2 is 1.74 bits per heavy atom. The molecule has 0 bridgehead atoms. The predicted octanol–water partition coefficient (Wildman–Crippen LogP) is 2.01. The van der Waals surface area contributed by atoms with Crippen LogP contribution in [0.25, 0.3) is 0 Å². The number of hydrogen-bond acceptors (Lipinski definition) is 4. The first-order valence-electron chi connectivity index (χ1n) is 7.10. The number of epoxide rings is 1. The van der Waals surface area contributed by atoms with Gasteiger partial charge in [0, 0.05) is 18.3 Å². The van der Waals surface area contributed by atoms with Crippen LogP contribution in [0.1, 0.15) is 40.5 Å². The molecule has 3 fully saturated rings. The van der Waals surface area contributed by atoms with Gasteiger partial charge in [0.25, 0.3) is 0 Å². The van der Waals surface area contributed by atoms with E-state index in [0.717, 1.165) is 12.8 Å². The van der Waals surface area contributed by atoms with Crippen molar-refractivity contribution in [3.63, 3.8) is 0 Å². The Bertz CT molecular complexity index is 408. The zero-order valence-electron chi connectivity index (χ0n) is 12.2. The highest BCUT2D eigenvalue weighted by atomic mass is 16.7. The van der Waals surface area contributed by atoms with Gasteiger partial charge in [0.1, 0.15) is 11.2 Å². The molecule has 3 unspecified atom stereocenters. The summed E-state index contributed by atoms with van der Waals surface area (Å²) in [6, 6.07) is 0. The molecule has 2 saturated heterocycles. The molecule has 3 aliphatic rings. The molecule has 0 aromatic heterocycles. The minimum atomic E-state index is -0.475. The Labute approximate surface area is 114 Å². The molecule has 1 spiro atoms. The lowest BCUT2D eigenvalue weighted by atomic mass is 9.62. The molecular formula is C15H24O4. The summed E-state index contributed by atoms with van der Waals surface area (Å²) in [6.45, 7) is 9.60. The molecule has 0 radical (unpaired) electrons. The van der Waals surface area contributed by atoms with Gasteiger partial charge in [0.2, 0.25) is 0 Å². The summed E-state index contributed by atoms with van der Waals surface area (Å²) in [5.41, 5.74) is -0.655. The van der Waals surface area contributed by atoms with Gasteiger partial charge in [-0.05, 0) is 13.8 Å². The van der Waals surface area contributed by atoms with Crippen molar-refractivity contribution >= 4 is 0 Å². The maximum absolute atomic E-state index is 9.48. The summed E-state index contributed by atoms with van der Waals surface area (Å²) in [6.07, 6.45) is 4.99. The number of aliphatic hydroxyl groups excluding tert-OH is 1. The van der Waals surface area contributed by atoms with E-state index in [0.29, 0.717) is 13.2 Å². The van der Waals surface area contributed by atoms with E-state index in [4.69, 9.17) is 14.2 Å². The fourth-order valence-electron chi connectivity index (χ4n) is 4.14. The molecule has 1 aliphatic carbocycles. The fraction of sp³-hybridized carbons (Fsp3) is 0.867. The van der Waals surface area contributed by atoms with Gasteiger partial charge < -0.3 is 19.3 Å². The fourth-order valence-corrected chi connectivity index (χ4v) is 4.14. The summed E-state index contributed by atoms with van der Waals surface area (Å²) in [4.78, 5) is 0. The first kappa shape index (κ1) is 13.6. The van der Waals surface area contributed by atoms with Gasteiger partial charge >= 0.3 is 0 Å². The molecule has 3 atom stereocenters. The van der Waals surface area contributed by atoms with E-state index in [1.165, 1.54) is 0 Å². The van der Waals surface area contributed by atoms with E-state index in [2.05, 4.69) is 20.8 Å². The molecule has 19 heavy (non-hydrogen) atoms. The lowest BCUT2D eigenvalue weighted by Gasteiger charge is -2.45. The third kappa shape index (κ3) is 1.81. The largest absolute Gasteiger partial charge is 0.389 e. The Hall–Kier alpha value is -0.420. The third-order valence-corrected chi connectivity index (χ3v) is 4.88. The molecule has 4 heteroatoms. The lowest BCUT2D eigenvalue weighted by Crippen LogP contribution is -2.53. The SMILES string of the molecule is CC(O)/C=C/C12OC1(C)CC1(CC2(C)C)OCCO1. The number of rotatable bonds is 2. The minimum absolute atomic E-state index is 0.0876. The van der Waals surface area contributed by atoms with E-state index < -0.39 is 11.9 Å². The predicted molar refractivity (Wildman–Crippen MR) is 70.7 cm³/mol. The van der Waals surface area contributed by atoms with Gasteiger partial charge in [0.05, 0.1) is 19.3 Å². The van der Waals surface area contributed by atoms with Gasteiger partial charge in [-0.3, -0.25) is 0 Å². The van der Waals surface area contributed by atoms with Crippen LogP contribution in [-0.4, -0.2) is 41.4 Å². The molecule has 0 amide bonds. The van der Waals surface area contributed by atoms with Crippen molar-refractivity contribution in [2.45, 2.75) is 63.6 Å². The zero-order chi connectivity index (χ0) is 13.9. The van der Waals surface area contributed by atoms with Crippen LogP contribution in [0.15, 0.2) is 12.2 Å². The summed E-state index contributed by atoms with van der Waals surface area (Å²) in [7, 11) is 0. The molecule has 4 nitrogen and oxygen atoms in total. The summed E-state index contributed by atoms with van der Waals surface area (Å²) >= 11 is 0. The molecule has 108 valence electrons. The average Bonchev–Trinajstić information content (AvgIpc) is 2.63. The van der Waals surface area contributed by atoms with Gasteiger partial charge in [-0.2, -0.15) is 0 Å². The zero-order valence-corrected chi connectivity index (χ0v) is 12.2. The van der Waals surface area contributed by atoms with Crippen molar-refractivity contribution in [1.29, 1.82) is 0 Å². The average molecular weight is 268 g/mol. The quantitative estimate of drug-likeness (QED) is 0.615. The van der Waals surface area contributed by atoms with E-state index >= 15 is 0 Å². The Kier molecular flexibility index (Phi) is 2.72. The number of aliphatic hydroxyl groups is 1. The van der Waals surface area contributed by atoms with E-state index in [-0.39, 0.29) is 16.6 Å². The molecule has 1 N–H and O–H groups in total. The molecule has 0 aromatic carbocycles. The van der Waals surface area contributed by atoms with E-state index in [1.54, 1.807) is 6.92 Å². The monoisotopic (exact) mass is 268 g/mol. The Morgan fingerprint density at radius 3 is 2.26 bits per heavy atom. The van der Waals surface area contributed by atoms with Crippen LogP contribution in [0, 0.1) is 5.41 Å². The summed E-state index contributed by atoms with van der Waals surface area (Å²) < 4.78 is 17.9. The van der Waals surface area contributed by atoms with E-state index in [9.17, 15) is 5.11 Å². The summed E-state index contributed by atoms with van der Waals surface area (Å²) in [5.74, 6) is -0.475.